The largest absolute Gasteiger partial charge is 0.140 e. The van der Waals surface area contributed by atoms with E-state index in [0.29, 0.717) is 0 Å². The van der Waals surface area contributed by atoms with Crippen molar-refractivity contribution in [1.82, 2.24) is 0 Å². The lowest BCUT2D eigenvalue weighted by Gasteiger charge is -1.81. The molecule has 0 aliphatic heterocycles. The summed E-state index contributed by atoms with van der Waals surface area (Å²) < 4.78 is 0. The Bertz CT molecular complexity index is 86.3. The summed E-state index contributed by atoms with van der Waals surface area (Å²) in [6.07, 6.45) is 3.68. The van der Waals surface area contributed by atoms with Crippen molar-refractivity contribution in [3.8, 4) is 11.5 Å². The van der Waals surface area contributed by atoms with Crippen molar-refractivity contribution in [2.45, 2.75) is 32.7 Å². The van der Waals surface area contributed by atoms with Gasteiger partial charge in [-0.3, -0.25) is 0 Å². The van der Waals surface area contributed by atoms with Crippen LogP contribution in [0.25, 0.3) is 0 Å². The molecule has 0 rings (SSSR count). The number of hydrogen-bond donors (Lipinski definition) is 0. The molecule has 1 heteroatoms. The number of unbranched alkanes of at least 4 members (excludes halogenated alkanes) is 2. The predicted molar refractivity (Wildman–Crippen MR) is 41.7 cm³/mol. The topological polar surface area (TPSA) is 0 Å². The summed E-state index contributed by atoms with van der Waals surface area (Å²) >= 11 is 0. The fourth-order valence-corrected chi connectivity index (χ4v) is 0.905. The van der Waals surface area contributed by atoms with E-state index in [1.165, 1.54) is 12.8 Å². The zero-order valence-corrected chi connectivity index (χ0v) is 7.24. The SMILES string of the molecule is CCCCC#C[SiH2]C. The smallest absolute Gasteiger partial charge is 0.104 e. The van der Waals surface area contributed by atoms with Gasteiger partial charge in [0.15, 0.2) is 0 Å². The molecule has 0 amide bonds. The maximum Gasteiger partial charge on any atom is 0.104 e. The van der Waals surface area contributed by atoms with Crippen molar-refractivity contribution in [2.24, 2.45) is 0 Å². The van der Waals surface area contributed by atoms with Crippen molar-refractivity contribution in [1.29, 1.82) is 0 Å². The van der Waals surface area contributed by atoms with Crippen LogP contribution in [0.1, 0.15) is 26.2 Å². The molecule has 0 heterocycles. The minimum atomic E-state index is 0.0249. The Morgan fingerprint density at radius 3 is 2.75 bits per heavy atom. The summed E-state index contributed by atoms with van der Waals surface area (Å²) in [6, 6.07) is 0. The molecule has 0 aromatic carbocycles. The van der Waals surface area contributed by atoms with Crippen LogP contribution in [0, 0.1) is 11.5 Å². The monoisotopic (exact) mass is 126 g/mol. The summed E-state index contributed by atoms with van der Waals surface area (Å²) in [6.45, 7) is 4.42. The van der Waals surface area contributed by atoms with Gasteiger partial charge in [0.05, 0.1) is 0 Å². The van der Waals surface area contributed by atoms with Crippen LogP contribution in [0.5, 0.6) is 0 Å². The lowest BCUT2D eigenvalue weighted by Crippen LogP contribution is -1.72. The van der Waals surface area contributed by atoms with Crippen LogP contribution in [0.4, 0.5) is 0 Å². The van der Waals surface area contributed by atoms with Crippen molar-refractivity contribution in [2.75, 3.05) is 0 Å². The highest BCUT2D eigenvalue weighted by atomic mass is 28.2. The second kappa shape index (κ2) is 6.78. The van der Waals surface area contributed by atoms with Gasteiger partial charge in [-0.05, 0) is 6.42 Å². The molecule has 0 saturated carbocycles. The maximum atomic E-state index is 3.17. The van der Waals surface area contributed by atoms with E-state index in [-0.39, 0.29) is 9.52 Å². The van der Waals surface area contributed by atoms with Gasteiger partial charge in [0.25, 0.3) is 0 Å². The molecule has 0 spiro atoms. The van der Waals surface area contributed by atoms with Crippen LogP contribution < -0.4 is 0 Å². The van der Waals surface area contributed by atoms with Crippen LogP contribution in [0.15, 0.2) is 0 Å². The van der Waals surface area contributed by atoms with E-state index in [1.807, 2.05) is 0 Å². The van der Waals surface area contributed by atoms with E-state index in [1.54, 1.807) is 0 Å². The lowest BCUT2D eigenvalue weighted by atomic mass is 10.3. The summed E-state index contributed by atoms with van der Waals surface area (Å²) in [5.41, 5.74) is 3.17. The van der Waals surface area contributed by atoms with E-state index < -0.39 is 0 Å². The highest BCUT2D eigenvalue weighted by molar-refractivity contribution is 6.44. The summed E-state index contributed by atoms with van der Waals surface area (Å²) in [5, 5.41) is 0. The Morgan fingerprint density at radius 1 is 1.50 bits per heavy atom. The molecule has 0 aliphatic carbocycles. The second-order valence-corrected chi connectivity index (χ2v) is 2.87. The molecule has 0 unspecified atom stereocenters. The fraction of sp³-hybridized carbons (Fsp3) is 0.714. The zero-order chi connectivity index (χ0) is 6.24. The van der Waals surface area contributed by atoms with Gasteiger partial charge in [0.2, 0.25) is 0 Å². The zero-order valence-electron chi connectivity index (χ0n) is 5.83. The summed E-state index contributed by atoms with van der Waals surface area (Å²) in [7, 11) is 0.0249. The van der Waals surface area contributed by atoms with Gasteiger partial charge in [-0.25, -0.2) is 0 Å². The molecule has 0 fully saturated rings. The standard InChI is InChI=1S/C7H14Si/c1-3-4-5-6-7-8-2/h3-5,8H2,1-2H3. The third-order valence-electron chi connectivity index (χ3n) is 0.957. The lowest BCUT2D eigenvalue weighted by molar-refractivity contribution is 0.828. The van der Waals surface area contributed by atoms with Gasteiger partial charge in [-0.2, -0.15) is 0 Å². The van der Waals surface area contributed by atoms with Crippen LogP contribution in [-0.4, -0.2) is 9.52 Å². The molecule has 0 atom stereocenters. The Hall–Kier alpha value is -0.223. The predicted octanol–water partition coefficient (Wildman–Crippen LogP) is 1.35. The van der Waals surface area contributed by atoms with Crippen LogP contribution >= 0.6 is 0 Å². The van der Waals surface area contributed by atoms with Crippen LogP contribution in [-0.2, 0) is 0 Å². The first-order valence-corrected chi connectivity index (χ1v) is 5.49. The molecule has 0 aromatic rings. The van der Waals surface area contributed by atoms with Gasteiger partial charge in [-0.15, -0.1) is 11.5 Å². The molecule has 0 saturated heterocycles. The molecule has 0 aromatic heterocycles. The molecular formula is C7H14Si. The minimum absolute atomic E-state index is 0.0249. The highest BCUT2D eigenvalue weighted by Gasteiger charge is 1.73. The van der Waals surface area contributed by atoms with Gasteiger partial charge < -0.3 is 0 Å². The Kier molecular flexibility index (Phi) is 6.59. The van der Waals surface area contributed by atoms with E-state index in [0.717, 1.165) is 6.42 Å². The first-order chi connectivity index (χ1) is 3.91. The molecule has 0 N–H and O–H groups in total. The van der Waals surface area contributed by atoms with Crippen molar-refractivity contribution in [3.05, 3.63) is 0 Å². The molecule has 0 aliphatic rings. The van der Waals surface area contributed by atoms with Crippen LogP contribution in [0.3, 0.4) is 0 Å². The first-order valence-electron chi connectivity index (χ1n) is 3.37. The molecular weight excluding hydrogens is 112 g/mol. The van der Waals surface area contributed by atoms with E-state index in [2.05, 4.69) is 24.9 Å². The van der Waals surface area contributed by atoms with E-state index in [4.69, 9.17) is 0 Å². The Balaban J connectivity index is 2.90. The summed E-state index contributed by atoms with van der Waals surface area (Å²) in [4.78, 5) is 0. The minimum Gasteiger partial charge on any atom is -0.140 e. The van der Waals surface area contributed by atoms with E-state index >= 15 is 0 Å². The van der Waals surface area contributed by atoms with E-state index in [9.17, 15) is 0 Å². The maximum absolute atomic E-state index is 3.17. The molecule has 0 nitrogen and oxygen atoms in total. The first kappa shape index (κ1) is 7.78. The normalized spacial score (nSPS) is 9.25. The van der Waals surface area contributed by atoms with Gasteiger partial charge in [0, 0.05) is 6.42 Å². The Labute approximate surface area is 54.5 Å². The third kappa shape index (κ3) is 5.78. The fourth-order valence-electron chi connectivity index (χ4n) is 0.479. The van der Waals surface area contributed by atoms with Gasteiger partial charge in [0.1, 0.15) is 9.52 Å². The molecule has 0 radical (unpaired) electrons. The average molecular weight is 126 g/mol. The van der Waals surface area contributed by atoms with Gasteiger partial charge in [-0.1, -0.05) is 19.9 Å². The van der Waals surface area contributed by atoms with Gasteiger partial charge >= 0.3 is 0 Å². The number of rotatable bonds is 2. The third-order valence-corrected chi connectivity index (χ3v) is 1.56. The average Bonchev–Trinajstić information content (AvgIpc) is 1.81. The molecule has 8 heavy (non-hydrogen) atoms. The van der Waals surface area contributed by atoms with Crippen molar-refractivity contribution >= 4 is 9.52 Å². The molecule has 46 valence electrons. The van der Waals surface area contributed by atoms with Crippen molar-refractivity contribution in [3.63, 3.8) is 0 Å². The number of hydrogen-bond acceptors (Lipinski definition) is 0. The Morgan fingerprint density at radius 2 is 2.25 bits per heavy atom. The molecule has 0 bridgehead atoms. The second-order valence-electron chi connectivity index (χ2n) is 1.81. The highest BCUT2D eigenvalue weighted by Crippen LogP contribution is 1.89. The van der Waals surface area contributed by atoms with Crippen LogP contribution in [0.2, 0.25) is 6.55 Å². The van der Waals surface area contributed by atoms with Crippen molar-refractivity contribution < 1.29 is 0 Å². The quantitative estimate of drug-likeness (QED) is 0.298. The summed E-state index contributed by atoms with van der Waals surface area (Å²) in [5.74, 6) is 3.15.